The number of nitrogens with one attached hydrogen (secondary N) is 1. The van der Waals surface area contributed by atoms with Gasteiger partial charge in [-0.25, -0.2) is 0 Å². The fourth-order valence-electron chi connectivity index (χ4n) is 0.978. The number of nitrogens with zero attached hydrogens (tertiary/aromatic N) is 1. The van der Waals surface area contributed by atoms with E-state index in [2.05, 4.69) is 4.98 Å². The van der Waals surface area contributed by atoms with E-state index in [1.165, 1.54) is 5.32 Å². The molecule has 0 unspecified atom stereocenters. The van der Waals surface area contributed by atoms with E-state index in [1.807, 2.05) is 0 Å². The Balaban J connectivity index is 2.71. The quantitative estimate of drug-likeness (QED) is 0.840. The van der Waals surface area contributed by atoms with Crippen molar-refractivity contribution in [3.8, 4) is 0 Å². The first kappa shape index (κ1) is 14.3. The Labute approximate surface area is 96.8 Å². The lowest BCUT2D eigenvalue weighted by molar-refractivity contribution is -0.141. The maximum Gasteiger partial charge on any atom is 0.433 e. The monoisotopic (exact) mass is 272 g/mol. The SMILES string of the molecule is O=C(NCC(F)(F)F)c1ccc(C(F)(F)F)nc1. The minimum Gasteiger partial charge on any atom is -0.343 e. The van der Waals surface area contributed by atoms with Crippen molar-refractivity contribution in [1.29, 1.82) is 0 Å². The average Bonchev–Trinajstić information content (AvgIpc) is 2.24. The second kappa shape index (κ2) is 4.83. The molecular formula is C9H6F6N2O. The van der Waals surface area contributed by atoms with Crippen LogP contribution >= 0.6 is 0 Å². The highest BCUT2D eigenvalue weighted by molar-refractivity contribution is 5.93. The van der Waals surface area contributed by atoms with Crippen LogP contribution in [0.3, 0.4) is 0 Å². The van der Waals surface area contributed by atoms with Gasteiger partial charge in [0.05, 0.1) is 5.56 Å². The molecule has 1 rings (SSSR count). The van der Waals surface area contributed by atoms with Gasteiger partial charge in [0.2, 0.25) is 0 Å². The molecule has 0 saturated carbocycles. The van der Waals surface area contributed by atoms with Crippen LogP contribution in [0.2, 0.25) is 0 Å². The van der Waals surface area contributed by atoms with Crippen LogP contribution in [0.5, 0.6) is 0 Å². The largest absolute Gasteiger partial charge is 0.433 e. The first-order valence-corrected chi connectivity index (χ1v) is 4.48. The minimum absolute atomic E-state index is 0.382. The molecule has 0 atom stereocenters. The lowest BCUT2D eigenvalue weighted by atomic mass is 10.2. The number of aromatic nitrogens is 1. The molecule has 0 spiro atoms. The topological polar surface area (TPSA) is 42.0 Å². The number of hydrogen-bond donors (Lipinski definition) is 1. The summed E-state index contributed by atoms with van der Waals surface area (Å²) in [6, 6.07) is 1.27. The summed E-state index contributed by atoms with van der Waals surface area (Å²) in [5.74, 6) is -1.14. The number of hydrogen-bond acceptors (Lipinski definition) is 2. The molecule has 1 N–H and O–H groups in total. The van der Waals surface area contributed by atoms with E-state index in [1.54, 1.807) is 0 Å². The van der Waals surface area contributed by atoms with Crippen molar-refractivity contribution < 1.29 is 31.1 Å². The second-order valence-corrected chi connectivity index (χ2v) is 3.23. The third-order valence-electron chi connectivity index (χ3n) is 1.77. The van der Waals surface area contributed by atoms with E-state index in [0.29, 0.717) is 12.3 Å². The Bertz CT molecular complexity index is 422. The summed E-state index contributed by atoms with van der Waals surface area (Å²) >= 11 is 0. The number of rotatable bonds is 2. The van der Waals surface area contributed by atoms with Gasteiger partial charge in [-0.3, -0.25) is 9.78 Å². The van der Waals surface area contributed by atoms with Crippen molar-refractivity contribution in [3.05, 3.63) is 29.6 Å². The molecule has 1 aromatic rings. The van der Waals surface area contributed by atoms with Crippen LogP contribution in [-0.4, -0.2) is 23.6 Å². The zero-order valence-electron chi connectivity index (χ0n) is 8.56. The van der Waals surface area contributed by atoms with E-state index in [4.69, 9.17) is 0 Å². The van der Waals surface area contributed by atoms with Crippen LogP contribution in [0.25, 0.3) is 0 Å². The molecule has 0 radical (unpaired) electrons. The number of halogens is 6. The maximum atomic E-state index is 12.1. The number of carbonyl (C=O) groups excluding carboxylic acids is 1. The molecular weight excluding hydrogens is 266 g/mol. The van der Waals surface area contributed by atoms with E-state index in [0.717, 1.165) is 6.07 Å². The molecule has 0 aliphatic carbocycles. The van der Waals surface area contributed by atoms with Gasteiger partial charge in [0.1, 0.15) is 12.2 Å². The summed E-state index contributed by atoms with van der Waals surface area (Å²) in [5.41, 5.74) is -1.61. The highest BCUT2D eigenvalue weighted by atomic mass is 19.4. The van der Waals surface area contributed by atoms with Crippen molar-refractivity contribution >= 4 is 5.91 Å². The highest BCUT2D eigenvalue weighted by Crippen LogP contribution is 2.27. The molecule has 1 amide bonds. The van der Waals surface area contributed by atoms with Gasteiger partial charge in [-0.15, -0.1) is 0 Å². The number of carbonyl (C=O) groups is 1. The van der Waals surface area contributed by atoms with Crippen LogP contribution in [0.1, 0.15) is 16.1 Å². The molecule has 0 fully saturated rings. The van der Waals surface area contributed by atoms with E-state index in [9.17, 15) is 31.1 Å². The first-order chi connectivity index (χ1) is 8.09. The number of alkyl halides is 6. The van der Waals surface area contributed by atoms with E-state index >= 15 is 0 Å². The molecule has 9 heteroatoms. The van der Waals surface area contributed by atoms with Crippen LogP contribution in [0.4, 0.5) is 26.3 Å². The predicted octanol–water partition coefficient (Wildman–Crippen LogP) is 2.39. The van der Waals surface area contributed by atoms with Crippen molar-refractivity contribution in [2.75, 3.05) is 6.54 Å². The average molecular weight is 272 g/mol. The van der Waals surface area contributed by atoms with Crippen molar-refractivity contribution in [2.24, 2.45) is 0 Å². The Kier molecular flexibility index (Phi) is 3.82. The Morgan fingerprint density at radius 1 is 1.17 bits per heavy atom. The summed E-state index contributed by atoms with van der Waals surface area (Å²) in [7, 11) is 0. The van der Waals surface area contributed by atoms with Gasteiger partial charge in [0.25, 0.3) is 5.91 Å². The van der Waals surface area contributed by atoms with Crippen LogP contribution in [0.15, 0.2) is 18.3 Å². The summed E-state index contributed by atoms with van der Waals surface area (Å²) in [6.45, 7) is -1.56. The van der Waals surface area contributed by atoms with Crippen molar-refractivity contribution in [1.82, 2.24) is 10.3 Å². The molecule has 18 heavy (non-hydrogen) atoms. The molecule has 0 bridgehead atoms. The number of amides is 1. The van der Waals surface area contributed by atoms with Gasteiger partial charge < -0.3 is 5.32 Å². The predicted molar refractivity (Wildman–Crippen MR) is 47.6 cm³/mol. The lowest BCUT2D eigenvalue weighted by Crippen LogP contribution is -2.33. The van der Waals surface area contributed by atoms with Gasteiger partial charge in [-0.1, -0.05) is 0 Å². The minimum atomic E-state index is -4.67. The van der Waals surface area contributed by atoms with Gasteiger partial charge in [0.15, 0.2) is 0 Å². The highest BCUT2D eigenvalue weighted by Gasteiger charge is 2.32. The molecule has 0 saturated heterocycles. The fraction of sp³-hybridized carbons (Fsp3) is 0.333. The Morgan fingerprint density at radius 3 is 2.17 bits per heavy atom. The summed E-state index contributed by atoms with van der Waals surface area (Å²) in [5, 5.41) is 1.51. The van der Waals surface area contributed by atoms with Gasteiger partial charge in [-0.05, 0) is 12.1 Å². The lowest BCUT2D eigenvalue weighted by Gasteiger charge is -2.09. The molecule has 0 aliphatic rings. The van der Waals surface area contributed by atoms with Gasteiger partial charge in [-0.2, -0.15) is 26.3 Å². The zero-order valence-corrected chi connectivity index (χ0v) is 8.56. The summed E-state index contributed by atoms with van der Waals surface area (Å²) in [4.78, 5) is 14.1. The second-order valence-electron chi connectivity index (χ2n) is 3.23. The summed E-state index contributed by atoms with van der Waals surface area (Å²) < 4.78 is 71.7. The Hall–Kier alpha value is -1.80. The van der Waals surface area contributed by atoms with Crippen LogP contribution in [0, 0.1) is 0 Å². The third kappa shape index (κ3) is 4.22. The van der Waals surface area contributed by atoms with Gasteiger partial charge >= 0.3 is 12.4 Å². The van der Waals surface area contributed by atoms with E-state index in [-0.39, 0.29) is 5.56 Å². The zero-order chi connectivity index (χ0) is 14.0. The number of pyridine rings is 1. The first-order valence-electron chi connectivity index (χ1n) is 4.48. The normalized spacial score (nSPS) is 12.3. The Morgan fingerprint density at radius 2 is 1.78 bits per heavy atom. The molecule has 3 nitrogen and oxygen atoms in total. The summed E-state index contributed by atoms with van der Waals surface area (Å²) in [6.07, 6.45) is -8.69. The maximum absolute atomic E-state index is 12.1. The van der Waals surface area contributed by atoms with Crippen LogP contribution < -0.4 is 5.32 Å². The molecule has 0 aliphatic heterocycles. The third-order valence-corrected chi connectivity index (χ3v) is 1.77. The van der Waals surface area contributed by atoms with Crippen molar-refractivity contribution in [3.63, 3.8) is 0 Å². The molecule has 1 heterocycles. The molecule has 0 aromatic carbocycles. The smallest absolute Gasteiger partial charge is 0.343 e. The molecule has 1 aromatic heterocycles. The molecule has 100 valence electrons. The van der Waals surface area contributed by atoms with Crippen LogP contribution in [-0.2, 0) is 6.18 Å². The van der Waals surface area contributed by atoms with Crippen molar-refractivity contribution in [2.45, 2.75) is 12.4 Å². The fourth-order valence-corrected chi connectivity index (χ4v) is 0.978. The van der Waals surface area contributed by atoms with Gasteiger partial charge in [0, 0.05) is 6.20 Å². The standard InChI is InChI=1S/C9H6F6N2O/c10-8(11,12)4-17-7(18)5-1-2-6(16-3-5)9(13,14)15/h1-3H,4H2,(H,17,18). The van der Waals surface area contributed by atoms with E-state index < -0.39 is 30.5 Å².